The van der Waals surface area contributed by atoms with Gasteiger partial charge in [0.2, 0.25) is 5.91 Å². The Bertz CT molecular complexity index is 158. The maximum absolute atomic E-state index is 11.2. The van der Waals surface area contributed by atoms with Crippen molar-refractivity contribution in [2.24, 2.45) is 5.73 Å². The highest BCUT2D eigenvalue weighted by molar-refractivity contribution is 5.76. The number of unbranched alkanes of at least 4 members (excludes halogenated alkanes) is 2. The Labute approximate surface area is 78.8 Å². The maximum Gasteiger partial charge on any atom is 0.220 e. The molecule has 1 aliphatic rings. The zero-order valence-corrected chi connectivity index (χ0v) is 7.92. The zero-order valence-electron chi connectivity index (χ0n) is 7.92. The van der Waals surface area contributed by atoms with Gasteiger partial charge in [-0.2, -0.15) is 0 Å². The van der Waals surface area contributed by atoms with Gasteiger partial charge in [-0.15, -0.1) is 0 Å². The summed E-state index contributed by atoms with van der Waals surface area (Å²) in [5.41, 5.74) is 5.34. The fourth-order valence-corrected chi connectivity index (χ4v) is 1.23. The van der Waals surface area contributed by atoms with Crippen LogP contribution in [0.2, 0.25) is 0 Å². The van der Waals surface area contributed by atoms with Crippen molar-refractivity contribution in [2.45, 2.75) is 31.7 Å². The van der Waals surface area contributed by atoms with Crippen molar-refractivity contribution < 1.29 is 9.53 Å². The monoisotopic (exact) mass is 186 g/mol. The van der Waals surface area contributed by atoms with E-state index in [2.05, 4.69) is 5.32 Å². The smallest absolute Gasteiger partial charge is 0.220 e. The highest BCUT2D eigenvalue weighted by atomic mass is 16.5. The topological polar surface area (TPSA) is 64.4 Å². The number of carbonyl (C=O) groups excluding carboxylic acids is 1. The van der Waals surface area contributed by atoms with Crippen LogP contribution in [-0.2, 0) is 9.53 Å². The molecule has 3 N–H and O–H groups in total. The molecule has 0 bridgehead atoms. The number of amides is 1. The van der Waals surface area contributed by atoms with Crippen LogP contribution in [0.1, 0.15) is 25.7 Å². The number of hydrogen-bond acceptors (Lipinski definition) is 3. The Hall–Kier alpha value is -0.610. The molecule has 1 saturated heterocycles. The molecule has 76 valence electrons. The third kappa shape index (κ3) is 4.24. The SMILES string of the molecule is NCCCCCC(=O)NC1COC1. The summed E-state index contributed by atoms with van der Waals surface area (Å²) in [6.45, 7) is 2.07. The second-order valence-electron chi connectivity index (χ2n) is 3.40. The molecule has 4 heteroatoms. The average Bonchev–Trinajstić information content (AvgIpc) is 2.06. The summed E-state index contributed by atoms with van der Waals surface area (Å²) in [6.07, 6.45) is 3.62. The number of rotatable bonds is 6. The van der Waals surface area contributed by atoms with Crippen LogP contribution < -0.4 is 11.1 Å². The van der Waals surface area contributed by atoms with E-state index >= 15 is 0 Å². The van der Waals surface area contributed by atoms with Gasteiger partial charge in [0.15, 0.2) is 0 Å². The summed E-state index contributed by atoms with van der Waals surface area (Å²) in [5.74, 6) is 0.144. The van der Waals surface area contributed by atoms with Crippen LogP contribution in [0.25, 0.3) is 0 Å². The number of ether oxygens (including phenoxy) is 1. The van der Waals surface area contributed by atoms with Crippen molar-refractivity contribution in [1.82, 2.24) is 5.32 Å². The van der Waals surface area contributed by atoms with Crippen LogP contribution in [-0.4, -0.2) is 31.7 Å². The van der Waals surface area contributed by atoms with Crippen LogP contribution in [0, 0.1) is 0 Å². The molecule has 0 saturated carbocycles. The van der Waals surface area contributed by atoms with E-state index in [0.717, 1.165) is 25.8 Å². The van der Waals surface area contributed by atoms with E-state index in [1.54, 1.807) is 0 Å². The lowest BCUT2D eigenvalue weighted by molar-refractivity contribution is -0.125. The predicted octanol–water partition coefficient (Wildman–Crippen LogP) is 0.0205. The Kier molecular flexibility index (Phi) is 4.78. The molecule has 1 rings (SSSR count). The first-order chi connectivity index (χ1) is 6.33. The molecule has 1 fully saturated rings. The van der Waals surface area contributed by atoms with Gasteiger partial charge < -0.3 is 15.8 Å². The second kappa shape index (κ2) is 5.94. The summed E-state index contributed by atoms with van der Waals surface area (Å²) in [5, 5.41) is 2.90. The minimum atomic E-state index is 0.144. The number of hydrogen-bond donors (Lipinski definition) is 2. The molecular weight excluding hydrogens is 168 g/mol. The second-order valence-corrected chi connectivity index (χ2v) is 3.40. The molecule has 0 aliphatic carbocycles. The van der Waals surface area contributed by atoms with Gasteiger partial charge in [0.1, 0.15) is 0 Å². The summed E-state index contributed by atoms with van der Waals surface area (Å²) < 4.78 is 4.95. The standard InChI is InChI=1S/C9H18N2O2/c10-5-3-1-2-4-9(12)11-8-6-13-7-8/h8H,1-7,10H2,(H,11,12). The summed E-state index contributed by atoms with van der Waals surface area (Å²) in [6, 6.07) is 0.266. The summed E-state index contributed by atoms with van der Waals surface area (Å²) in [7, 11) is 0. The number of carbonyl (C=O) groups is 1. The number of nitrogens with one attached hydrogen (secondary N) is 1. The zero-order chi connectivity index (χ0) is 9.52. The lowest BCUT2D eigenvalue weighted by atomic mass is 10.1. The van der Waals surface area contributed by atoms with E-state index < -0.39 is 0 Å². The first kappa shape index (κ1) is 10.5. The lowest BCUT2D eigenvalue weighted by Crippen LogP contribution is -2.48. The molecular formula is C9H18N2O2. The Morgan fingerprint density at radius 1 is 1.38 bits per heavy atom. The third-order valence-electron chi connectivity index (χ3n) is 2.11. The first-order valence-electron chi connectivity index (χ1n) is 4.90. The first-order valence-corrected chi connectivity index (χ1v) is 4.90. The molecule has 0 spiro atoms. The fraction of sp³-hybridized carbons (Fsp3) is 0.889. The third-order valence-corrected chi connectivity index (χ3v) is 2.11. The Morgan fingerprint density at radius 3 is 2.69 bits per heavy atom. The van der Waals surface area contributed by atoms with Crippen molar-refractivity contribution >= 4 is 5.91 Å². The maximum atomic E-state index is 11.2. The van der Waals surface area contributed by atoms with Gasteiger partial charge in [-0.3, -0.25) is 4.79 Å². The highest BCUT2D eigenvalue weighted by Gasteiger charge is 2.19. The van der Waals surface area contributed by atoms with Gasteiger partial charge in [0.05, 0.1) is 19.3 Å². The summed E-state index contributed by atoms with van der Waals surface area (Å²) in [4.78, 5) is 11.2. The molecule has 0 atom stereocenters. The molecule has 1 heterocycles. The van der Waals surface area contributed by atoms with Crippen LogP contribution >= 0.6 is 0 Å². The quantitative estimate of drug-likeness (QED) is 0.575. The van der Waals surface area contributed by atoms with Crippen molar-refractivity contribution in [2.75, 3.05) is 19.8 Å². The van der Waals surface area contributed by atoms with E-state index in [1.807, 2.05) is 0 Å². The van der Waals surface area contributed by atoms with Gasteiger partial charge in [-0.1, -0.05) is 6.42 Å². The molecule has 0 aromatic carbocycles. The largest absolute Gasteiger partial charge is 0.377 e. The van der Waals surface area contributed by atoms with Gasteiger partial charge in [0.25, 0.3) is 0 Å². The van der Waals surface area contributed by atoms with E-state index in [1.165, 1.54) is 0 Å². The lowest BCUT2D eigenvalue weighted by Gasteiger charge is -2.26. The highest BCUT2D eigenvalue weighted by Crippen LogP contribution is 2.02. The van der Waals surface area contributed by atoms with Crippen molar-refractivity contribution in [1.29, 1.82) is 0 Å². The van der Waals surface area contributed by atoms with Gasteiger partial charge >= 0.3 is 0 Å². The van der Waals surface area contributed by atoms with E-state index in [0.29, 0.717) is 19.6 Å². The van der Waals surface area contributed by atoms with Crippen LogP contribution in [0.15, 0.2) is 0 Å². The Balaban J connectivity index is 1.91. The van der Waals surface area contributed by atoms with Crippen molar-refractivity contribution in [3.05, 3.63) is 0 Å². The van der Waals surface area contributed by atoms with Gasteiger partial charge in [0, 0.05) is 6.42 Å². The average molecular weight is 186 g/mol. The molecule has 1 aliphatic heterocycles. The predicted molar refractivity (Wildman–Crippen MR) is 50.3 cm³/mol. The van der Waals surface area contributed by atoms with Crippen LogP contribution in [0.5, 0.6) is 0 Å². The molecule has 13 heavy (non-hydrogen) atoms. The molecule has 4 nitrogen and oxygen atoms in total. The molecule has 0 radical (unpaired) electrons. The minimum absolute atomic E-state index is 0.144. The minimum Gasteiger partial charge on any atom is -0.377 e. The van der Waals surface area contributed by atoms with E-state index in [-0.39, 0.29) is 11.9 Å². The summed E-state index contributed by atoms with van der Waals surface area (Å²) >= 11 is 0. The van der Waals surface area contributed by atoms with Crippen LogP contribution in [0.3, 0.4) is 0 Å². The normalized spacial score (nSPS) is 16.7. The molecule has 0 unspecified atom stereocenters. The van der Waals surface area contributed by atoms with Crippen molar-refractivity contribution in [3.8, 4) is 0 Å². The van der Waals surface area contributed by atoms with Gasteiger partial charge in [-0.05, 0) is 19.4 Å². The molecule has 0 aromatic heterocycles. The molecule has 0 aromatic rings. The van der Waals surface area contributed by atoms with E-state index in [9.17, 15) is 4.79 Å². The van der Waals surface area contributed by atoms with E-state index in [4.69, 9.17) is 10.5 Å². The van der Waals surface area contributed by atoms with Crippen LogP contribution in [0.4, 0.5) is 0 Å². The fourth-order valence-electron chi connectivity index (χ4n) is 1.23. The number of nitrogens with two attached hydrogens (primary N) is 1. The van der Waals surface area contributed by atoms with Crippen molar-refractivity contribution in [3.63, 3.8) is 0 Å². The van der Waals surface area contributed by atoms with Gasteiger partial charge in [-0.25, -0.2) is 0 Å². The molecule has 1 amide bonds. The Morgan fingerprint density at radius 2 is 2.15 bits per heavy atom.